The van der Waals surface area contributed by atoms with Gasteiger partial charge in [0.25, 0.3) is 5.91 Å². The van der Waals surface area contributed by atoms with E-state index in [1.165, 1.54) is 11.3 Å². The van der Waals surface area contributed by atoms with Crippen molar-refractivity contribution in [1.82, 2.24) is 4.98 Å². The van der Waals surface area contributed by atoms with Gasteiger partial charge in [-0.05, 0) is 50.1 Å². The zero-order chi connectivity index (χ0) is 21.4. The molecule has 6 nitrogen and oxygen atoms in total. The Balaban J connectivity index is 1.54. The Kier molecular flexibility index (Phi) is 5.56. The maximum Gasteiger partial charge on any atom is 0.295 e. The minimum atomic E-state index is -0.251. The molecule has 3 heterocycles. The molecule has 8 heteroatoms. The van der Waals surface area contributed by atoms with Gasteiger partial charge < -0.3 is 13.9 Å². The lowest BCUT2D eigenvalue weighted by Crippen LogP contribution is -2.37. The molecule has 160 valence electrons. The minimum Gasteiger partial charge on any atom is -0.490 e. The SMILES string of the molecule is CCOc1cccc2cc(C(=O)N(CC3CCCO3)c3nc4ccc(Cl)cc4s3)oc12. The summed E-state index contributed by atoms with van der Waals surface area (Å²) in [6, 6.07) is 12.9. The number of thiazole rings is 1. The number of benzene rings is 2. The van der Waals surface area contributed by atoms with E-state index in [9.17, 15) is 4.79 Å². The third-order valence-electron chi connectivity index (χ3n) is 5.24. The summed E-state index contributed by atoms with van der Waals surface area (Å²) in [6.07, 6.45) is 1.88. The molecule has 2 aromatic carbocycles. The molecule has 31 heavy (non-hydrogen) atoms. The first-order valence-corrected chi connectivity index (χ1v) is 11.5. The lowest BCUT2D eigenvalue weighted by molar-refractivity contribution is 0.0896. The summed E-state index contributed by atoms with van der Waals surface area (Å²) in [4.78, 5) is 19.9. The standard InChI is InChI=1S/C23H21ClN2O4S/c1-2-28-18-7-3-5-14-11-19(30-21(14)18)22(27)26(13-16-6-4-10-29-16)23-25-17-9-8-15(24)12-20(17)31-23/h3,5,7-9,11-12,16H,2,4,6,10,13H2,1H3. The fraction of sp³-hybridized carbons (Fsp3) is 0.304. The Morgan fingerprint density at radius 3 is 3.03 bits per heavy atom. The summed E-state index contributed by atoms with van der Waals surface area (Å²) in [6.45, 7) is 3.56. The molecule has 2 aromatic heterocycles. The molecule has 0 N–H and O–H groups in total. The van der Waals surface area contributed by atoms with Crippen molar-refractivity contribution in [3.8, 4) is 5.75 Å². The van der Waals surface area contributed by atoms with Crippen LogP contribution in [0.3, 0.4) is 0 Å². The van der Waals surface area contributed by atoms with Gasteiger partial charge in [-0.1, -0.05) is 35.1 Å². The van der Waals surface area contributed by atoms with Crippen molar-refractivity contribution in [3.63, 3.8) is 0 Å². The number of para-hydroxylation sites is 1. The molecule has 0 radical (unpaired) electrons. The van der Waals surface area contributed by atoms with Crippen LogP contribution in [0, 0.1) is 0 Å². The molecule has 4 aromatic rings. The summed E-state index contributed by atoms with van der Waals surface area (Å²) in [5.74, 6) is 0.621. The number of rotatable bonds is 6. The predicted octanol–water partition coefficient (Wildman–Crippen LogP) is 5.92. The number of carbonyl (C=O) groups is 1. The molecule has 0 bridgehead atoms. The van der Waals surface area contributed by atoms with Gasteiger partial charge in [0.1, 0.15) is 0 Å². The molecule has 1 fully saturated rings. The molecule has 5 rings (SSSR count). The molecular formula is C23H21ClN2O4S. The van der Waals surface area contributed by atoms with E-state index in [0.717, 1.165) is 28.4 Å². The minimum absolute atomic E-state index is 0.0251. The highest BCUT2D eigenvalue weighted by Crippen LogP contribution is 2.34. The van der Waals surface area contributed by atoms with E-state index in [0.29, 0.717) is 41.2 Å². The van der Waals surface area contributed by atoms with Crippen LogP contribution in [0.25, 0.3) is 21.2 Å². The van der Waals surface area contributed by atoms with Crippen LogP contribution in [0.4, 0.5) is 5.13 Å². The summed E-state index contributed by atoms with van der Waals surface area (Å²) in [7, 11) is 0. The van der Waals surface area contributed by atoms with Crippen molar-refractivity contribution in [2.75, 3.05) is 24.7 Å². The number of amides is 1. The number of carbonyl (C=O) groups excluding carboxylic acids is 1. The third kappa shape index (κ3) is 4.01. The largest absolute Gasteiger partial charge is 0.490 e. The van der Waals surface area contributed by atoms with Crippen molar-refractivity contribution >= 4 is 55.2 Å². The Bertz CT molecular complexity index is 1250. The molecule has 0 saturated carbocycles. The van der Waals surface area contributed by atoms with Crippen LogP contribution in [0.2, 0.25) is 5.02 Å². The Morgan fingerprint density at radius 2 is 2.23 bits per heavy atom. The van der Waals surface area contributed by atoms with Gasteiger partial charge in [0.05, 0.1) is 29.5 Å². The number of fused-ring (bicyclic) bond motifs is 2. The van der Waals surface area contributed by atoms with E-state index >= 15 is 0 Å². The lowest BCUT2D eigenvalue weighted by atomic mass is 10.2. The number of ether oxygens (including phenoxy) is 2. The smallest absolute Gasteiger partial charge is 0.295 e. The maximum absolute atomic E-state index is 13.6. The van der Waals surface area contributed by atoms with Crippen LogP contribution < -0.4 is 9.64 Å². The summed E-state index contributed by atoms with van der Waals surface area (Å²) >= 11 is 7.57. The van der Waals surface area contributed by atoms with E-state index in [-0.39, 0.29) is 17.8 Å². The van der Waals surface area contributed by atoms with Crippen LogP contribution in [-0.4, -0.2) is 36.8 Å². The van der Waals surface area contributed by atoms with Crippen molar-refractivity contribution in [2.24, 2.45) is 0 Å². The van der Waals surface area contributed by atoms with Crippen molar-refractivity contribution in [3.05, 3.63) is 53.2 Å². The van der Waals surface area contributed by atoms with Crippen LogP contribution in [0.5, 0.6) is 5.75 Å². The first-order chi connectivity index (χ1) is 15.1. The third-order valence-corrected chi connectivity index (χ3v) is 6.52. The first-order valence-electron chi connectivity index (χ1n) is 10.3. The van der Waals surface area contributed by atoms with Gasteiger partial charge in [-0.25, -0.2) is 4.98 Å². The number of nitrogens with zero attached hydrogens (tertiary/aromatic N) is 2. The molecule has 1 atom stereocenters. The van der Waals surface area contributed by atoms with Gasteiger partial charge >= 0.3 is 0 Å². The molecule has 1 unspecified atom stereocenters. The Labute approximate surface area is 188 Å². The predicted molar refractivity (Wildman–Crippen MR) is 123 cm³/mol. The zero-order valence-corrected chi connectivity index (χ0v) is 18.5. The molecule has 1 aliphatic rings. The van der Waals surface area contributed by atoms with Crippen LogP contribution >= 0.6 is 22.9 Å². The van der Waals surface area contributed by atoms with Gasteiger partial charge in [0.2, 0.25) is 0 Å². The second-order valence-corrected chi connectivity index (χ2v) is 8.82. The molecule has 1 aliphatic heterocycles. The van der Waals surface area contributed by atoms with E-state index in [4.69, 9.17) is 25.5 Å². The average molecular weight is 457 g/mol. The van der Waals surface area contributed by atoms with E-state index in [1.54, 1.807) is 17.0 Å². The lowest BCUT2D eigenvalue weighted by Gasteiger charge is -2.22. The van der Waals surface area contributed by atoms with Crippen molar-refractivity contribution in [2.45, 2.75) is 25.9 Å². The van der Waals surface area contributed by atoms with Gasteiger partial charge in [0, 0.05) is 17.0 Å². The van der Waals surface area contributed by atoms with Gasteiger partial charge in [0.15, 0.2) is 22.2 Å². The van der Waals surface area contributed by atoms with Crippen molar-refractivity contribution < 1.29 is 18.7 Å². The highest BCUT2D eigenvalue weighted by Gasteiger charge is 2.29. The zero-order valence-electron chi connectivity index (χ0n) is 17.0. The van der Waals surface area contributed by atoms with Gasteiger partial charge in [-0.2, -0.15) is 0 Å². The average Bonchev–Trinajstić information content (AvgIpc) is 3.50. The van der Waals surface area contributed by atoms with Crippen molar-refractivity contribution in [1.29, 1.82) is 0 Å². The van der Waals surface area contributed by atoms with Crippen LogP contribution in [0.15, 0.2) is 46.9 Å². The van der Waals surface area contributed by atoms with Crippen LogP contribution in [-0.2, 0) is 4.74 Å². The number of hydrogen-bond acceptors (Lipinski definition) is 6. The van der Waals surface area contributed by atoms with Gasteiger partial charge in [-0.3, -0.25) is 9.69 Å². The number of hydrogen-bond donors (Lipinski definition) is 0. The normalized spacial score (nSPS) is 16.3. The molecule has 0 spiro atoms. The fourth-order valence-electron chi connectivity index (χ4n) is 3.79. The second-order valence-electron chi connectivity index (χ2n) is 7.38. The fourth-order valence-corrected chi connectivity index (χ4v) is 5.03. The van der Waals surface area contributed by atoms with E-state index in [2.05, 4.69) is 4.98 Å². The molecule has 1 saturated heterocycles. The highest BCUT2D eigenvalue weighted by atomic mass is 35.5. The monoisotopic (exact) mass is 456 g/mol. The Morgan fingerprint density at radius 1 is 1.32 bits per heavy atom. The van der Waals surface area contributed by atoms with E-state index < -0.39 is 0 Å². The summed E-state index contributed by atoms with van der Waals surface area (Å²) in [5, 5.41) is 2.06. The molecule has 1 amide bonds. The maximum atomic E-state index is 13.6. The van der Waals surface area contributed by atoms with Gasteiger partial charge in [-0.15, -0.1) is 0 Å². The quantitative estimate of drug-likeness (QED) is 0.360. The Hall–Kier alpha value is -2.61. The molecule has 0 aliphatic carbocycles. The molecular weight excluding hydrogens is 436 g/mol. The number of furan rings is 1. The number of halogens is 1. The summed E-state index contributed by atoms with van der Waals surface area (Å²) in [5.41, 5.74) is 1.37. The number of anilines is 1. The number of aromatic nitrogens is 1. The van der Waals surface area contributed by atoms with E-state index in [1.807, 2.05) is 37.3 Å². The van der Waals surface area contributed by atoms with Crippen LogP contribution in [0.1, 0.15) is 30.3 Å². The topological polar surface area (TPSA) is 64.8 Å². The first kappa shape index (κ1) is 20.3. The second kappa shape index (κ2) is 8.49. The highest BCUT2D eigenvalue weighted by molar-refractivity contribution is 7.22. The summed E-state index contributed by atoms with van der Waals surface area (Å²) < 4.78 is 18.4.